The molecule has 0 bridgehead atoms. The molecule has 1 rings (SSSR count). The van der Waals surface area contributed by atoms with E-state index in [0.29, 0.717) is 6.67 Å². The number of methoxy groups -OCH3 is 1. The van der Waals surface area contributed by atoms with Crippen LogP contribution in [0.5, 0.6) is 0 Å². The van der Waals surface area contributed by atoms with Crippen molar-refractivity contribution in [2.75, 3.05) is 13.8 Å². The van der Waals surface area contributed by atoms with Gasteiger partial charge in [0.1, 0.15) is 6.67 Å². The van der Waals surface area contributed by atoms with Gasteiger partial charge in [0.15, 0.2) is 6.23 Å². The van der Waals surface area contributed by atoms with E-state index in [0.717, 1.165) is 0 Å². The van der Waals surface area contributed by atoms with Crippen molar-refractivity contribution < 1.29 is 4.74 Å². The van der Waals surface area contributed by atoms with Crippen molar-refractivity contribution in [1.82, 2.24) is 5.32 Å². The van der Waals surface area contributed by atoms with E-state index in [4.69, 9.17) is 4.74 Å². The normalized spacial score (nSPS) is 29.0. The van der Waals surface area contributed by atoms with Gasteiger partial charge in [0, 0.05) is 13.3 Å². The van der Waals surface area contributed by atoms with Gasteiger partial charge >= 0.3 is 0 Å². The molecule has 3 nitrogen and oxygen atoms in total. The van der Waals surface area contributed by atoms with Crippen LogP contribution in [0.15, 0.2) is 4.99 Å². The summed E-state index contributed by atoms with van der Waals surface area (Å²) < 4.78 is 4.80. The second-order valence-electron chi connectivity index (χ2n) is 1.28. The van der Waals surface area contributed by atoms with Crippen molar-refractivity contribution in [2.45, 2.75) is 6.23 Å². The van der Waals surface area contributed by atoms with Gasteiger partial charge in [0.25, 0.3) is 0 Å². The van der Waals surface area contributed by atoms with E-state index in [1.807, 2.05) is 0 Å². The second-order valence-corrected chi connectivity index (χ2v) is 1.28. The lowest BCUT2D eigenvalue weighted by atomic mass is 10.7. The van der Waals surface area contributed by atoms with Crippen molar-refractivity contribution in [3.63, 3.8) is 0 Å². The monoisotopic (exact) mass is 99.1 g/mol. The van der Waals surface area contributed by atoms with E-state index >= 15 is 0 Å². The van der Waals surface area contributed by atoms with Gasteiger partial charge in [0.05, 0.1) is 0 Å². The minimum absolute atomic E-state index is 0.0694. The van der Waals surface area contributed by atoms with Crippen molar-refractivity contribution in [3.05, 3.63) is 0 Å². The lowest BCUT2D eigenvalue weighted by molar-refractivity contribution is 0.137. The maximum absolute atomic E-state index is 4.80. The minimum Gasteiger partial charge on any atom is -0.360 e. The number of nitrogens with zero attached hydrogens (tertiary/aromatic N) is 2. The molecular formula is C4H7N2O. The third-order valence-electron chi connectivity index (χ3n) is 0.818. The molecule has 0 spiro atoms. The molecule has 1 unspecified atom stereocenters. The molecule has 0 aromatic carbocycles. The Morgan fingerprint density at radius 2 is 2.71 bits per heavy atom. The summed E-state index contributed by atoms with van der Waals surface area (Å²) in [5.74, 6) is 0. The lowest BCUT2D eigenvalue weighted by Gasteiger charge is -1.98. The van der Waals surface area contributed by atoms with Gasteiger partial charge in [0.2, 0.25) is 0 Å². The predicted molar refractivity (Wildman–Crippen MR) is 26.3 cm³/mol. The fraction of sp³-hybridized carbons (Fsp3) is 0.750. The number of aliphatic imine (C=N–C) groups is 1. The van der Waals surface area contributed by atoms with Crippen LogP contribution in [0.25, 0.3) is 0 Å². The molecule has 1 atom stereocenters. The molecule has 0 N–H and O–H groups in total. The Bertz CT molecular complexity index is 81.8. The molecule has 0 aromatic rings. The highest BCUT2D eigenvalue weighted by Gasteiger charge is 2.06. The zero-order valence-corrected chi connectivity index (χ0v) is 4.16. The predicted octanol–water partition coefficient (Wildman–Crippen LogP) is -0.395. The number of rotatable bonds is 1. The summed E-state index contributed by atoms with van der Waals surface area (Å²) in [7, 11) is 1.62. The Hall–Kier alpha value is -0.410. The molecule has 0 aromatic heterocycles. The molecule has 3 heteroatoms. The average Bonchev–Trinajstić information content (AvgIpc) is 2.14. The first-order valence-electron chi connectivity index (χ1n) is 2.13. The van der Waals surface area contributed by atoms with Gasteiger partial charge in [-0.1, -0.05) is 0 Å². The summed E-state index contributed by atoms with van der Waals surface area (Å²) in [5.41, 5.74) is 0. The highest BCUT2D eigenvalue weighted by atomic mass is 16.5. The van der Waals surface area contributed by atoms with E-state index in [9.17, 15) is 0 Å². The summed E-state index contributed by atoms with van der Waals surface area (Å²) in [4.78, 5) is 3.82. The van der Waals surface area contributed by atoms with Crippen LogP contribution in [0.4, 0.5) is 0 Å². The lowest BCUT2D eigenvalue weighted by Crippen LogP contribution is -2.18. The molecule has 1 aliphatic heterocycles. The van der Waals surface area contributed by atoms with Gasteiger partial charge in [-0.25, -0.2) is 0 Å². The van der Waals surface area contributed by atoms with Crippen LogP contribution in [-0.2, 0) is 4.74 Å². The van der Waals surface area contributed by atoms with E-state index in [-0.39, 0.29) is 6.23 Å². The first kappa shape index (κ1) is 4.74. The molecule has 1 aliphatic rings. The molecule has 1 heterocycles. The van der Waals surface area contributed by atoms with Gasteiger partial charge in [-0.3, -0.25) is 4.99 Å². The van der Waals surface area contributed by atoms with Crippen molar-refractivity contribution >= 4 is 6.21 Å². The topological polar surface area (TPSA) is 35.7 Å². The van der Waals surface area contributed by atoms with Crippen LogP contribution >= 0.6 is 0 Å². The number of ether oxygens (including phenoxy) is 1. The van der Waals surface area contributed by atoms with E-state index < -0.39 is 0 Å². The first-order chi connectivity index (χ1) is 3.43. The number of hydrogen-bond acceptors (Lipinski definition) is 2. The molecule has 0 aliphatic carbocycles. The molecule has 7 heavy (non-hydrogen) atoms. The van der Waals surface area contributed by atoms with Crippen molar-refractivity contribution in [2.24, 2.45) is 4.99 Å². The molecule has 0 fully saturated rings. The highest BCUT2D eigenvalue weighted by Crippen LogP contribution is 1.88. The largest absolute Gasteiger partial charge is 0.360 e. The minimum atomic E-state index is -0.0694. The highest BCUT2D eigenvalue weighted by molar-refractivity contribution is 5.64. The summed E-state index contributed by atoms with van der Waals surface area (Å²) in [5, 5.41) is 3.91. The number of hydrogen-bond donors (Lipinski definition) is 0. The van der Waals surface area contributed by atoms with Crippen LogP contribution < -0.4 is 5.32 Å². The third-order valence-corrected chi connectivity index (χ3v) is 0.818. The van der Waals surface area contributed by atoms with Crippen LogP contribution in [0.1, 0.15) is 0 Å². The van der Waals surface area contributed by atoms with E-state index in [1.165, 1.54) is 0 Å². The zero-order valence-electron chi connectivity index (χ0n) is 4.16. The van der Waals surface area contributed by atoms with E-state index in [1.54, 1.807) is 13.3 Å². The fourth-order valence-electron chi connectivity index (χ4n) is 0.447. The van der Waals surface area contributed by atoms with Crippen LogP contribution in [-0.4, -0.2) is 26.2 Å². The Balaban J connectivity index is 2.28. The molecule has 0 amide bonds. The molecular weight excluding hydrogens is 92.1 g/mol. The summed E-state index contributed by atoms with van der Waals surface area (Å²) in [6.07, 6.45) is 1.62. The molecule has 39 valence electrons. The molecule has 0 saturated carbocycles. The van der Waals surface area contributed by atoms with Crippen LogP contribution in [0, 0.1) is 0 Å². The molecule has 1 radical (unpaired) electrons. The Morgan fingerprint density at radius 3 is 3.00 bits per heavy atom. The van der Waals surface area contributed by atoms with Crippen LogP contribution in [0.3, 0.4) is 0 Å². The van der Waals surface area contributed by atoms with Gasteiger partial charge in [-0.05, 0) is 0 Å². The third kappa shape index (κ3) is 0.976. The maximum atomic E-state index is 4.80. The zero-order chi connectivity index (χ0) is 5.11. The van der Waals surface area contributed by atoms with Gasteiger partial charge in [-0.2, -0.15) is 5.32 Å². The quantitative estimate of drug-likeness (QED) is 0.440. The summed E-state index contributed by atoms with van der Waals surface area (Å²) in [6.45, 7) is 0.568. The summed E-state index contributed by atoms with van der Waals surface area (Å²) in [6, 6.07) is 0. The smallest absolute Gasteiger partial charge is 0.160 e. The van der Waals surface area contributed by atoms with Gasteiger partial charge < -0.3 is 4.74 Å². The Kier molecular flexibility index (Phi) is 1.38. The second kappa shape index (κ2) is 2.04. The Morgan fingerprint density at radius 1 is 1.86 bits per heavy atom. The fourth-order valence-corrected chi connectivity index (χ4v) is 0.447. The Labute approximate surface area is 42.4 Å². The standard InChI is InChI=1S/C4H7N2O/c1-7-4-2-5-3-6-4/h2,4H,3H2,1H3. The van der Waals surface area contributed by atoms with Gasteiger partial charge in [-0.15, -0.1) is 0 Å². The van der Waals surface area contributed by atoms with Crippen molar-refractivity contribution in [3.8, 4) is 0 Å². The summed E-state index contributed by atoms with van der Waals surface area (Å²) >= 11 is 0. The SMILES string of the molecule is COC1C=NC[N]1. The van der Waals surface area contributed by atoms with Crippen molar-refractivity contribution in [1.29, 1.82) is 0 Å². The molecule has 0 saturated heterocycles. The van der Waals surface area contributed by atoms with Crippen LogP contribution in [0.2, 0.25) is 0 Å². The first-order valence-corrected chi connectivity index (χ1v) is 2.13. The van der Waals surface area contributed by atoms with E-state index in [2.05, 4.69) is 10.3 Å². The average molecular weight is 99.1 g/mol. The maximum Gasteiger partial charge on any atom is 0.160 e.